The quantitative estimate of drug-likeness (QED) is 0.683. The van der Waals surface area contributed by atoms with E-state index >= 15 is 0 Å². The number of pyridine rings is 1. The van der Waals surface area contributed by atoms with E-state index in [-0.39, 0.29) is 11.9 Å². The van der Waals surface area contributed by atoms with Gasteiger partial charge < -0.3 is 15.8 Å². The van der Waals surface area contributed by atoms with Gasteiger partial charge in [-0.2, -0.15) is 0 Å². The van der Waals surface area contributed by atoms with Gasteiger partial charge in [0.15, 0.2) is 5.13 Å². The van der Waals surface area contributed by atoms with E-state index in [0.717, 1.165) is 41.0 Å². The van der Waals surface area contributed by atoms with Gasteiger partial charge in [-0.25, -0.2) is 14.4 Å². The van der Waals surface area contributed by atoms with Crippen LogP contribution in [0, 0.1) is 11.2 Å². The topological polar surface area (TPSA) is 90.1 Å². The summed E-state index contributed by atoms with van der Waals surface area (Å²) in [7, 11) is 0. The Morgan fingerprint density at radius 1 is 1.29 bits per heavy atom. The number of amides is 1. The fourth-order valence-electron chi connectivity index (χ4n) is 4.38. The summed E-state index contributed by atoms with van der Waals surface area (Å²) in [6.45, 7) is 0. The van der Waals surface area contributed by atoms with Gasteiger partial charge in [0.2, 0.25) is 5.88 Å². The Morgan fingerprint density at radius 3 is 2.89 bits per heavy atom. The second-order valence-electron chi connectivity index (χ2n) is 7.75. The predicted molar refractivity (Wildman–Crippen MR) is 105 cm³/mol. The van der Waals surface area contributed by atoms with Crippen LogP contribution in [-0.2, 0) is 0 Å². The molecule has 0 unspecified atom stereocenters. The molecule has 3 N–H and O–H groups in total. The molecule has 0 bridgehead atoms. The average Bonchev–Trinajstić information content (AvgIpc) is 2.99. The number of benzene rings is 1. The van der Waals surface area contributed by atoms with Crippen LogP contribution in [0.25, 0.3) is 10.2 Å². The van der Waals surface area contributed by atoms with Crippen molar-refractivity contribution < 1.29 is 13.9 Å². The molecule has 0 atom stereocenters. The normalized spacial score (nSPS) is 25.9. The Hall–Kier alpha value is -2.74. The first-order valence-electron chi connectivity index (χ1n) is 9.24. The number of halogens is 1. The average molecular weight is 398 g/mol. The number of nitrogens with one attached hydrogen (secondary N) is 1. The molecule has 0 saturated heterocycles. The summed E-state index contributed by atoms with van der Waals surface area (Å²) in [6.07, 6.45) is 5.68. The molecule has 6 nitrogen and oxygen atoms in total. The van der Waals surface area contributed by atoms with E-state index in [1.165, 1.54) is 23.5 Å². The van der Waals surface area contributed by atoms with E-state index in [9.17, 15) is 9.18 Å². The number of thiazole rings is 1. The van der Waals surface area contributed by atoms with Crippen LogP contribution in [0.4, 0.5) is 9.52 Å². The zero-order valence-corrected chi connectivity index (χ0v) is 15.8. The summed E-state index contributed by atoms with van der Waals surface area (Å²) in [5.41, 5.74) is 6.82. The molecule has 0 aliphatic heterocycles. The lowest BCUT2D eigenvalue weighted by molar-refractivity contribution is -0.0759. The van der Waals surface area contributed by atoms with Crippen molar-refractivity contribution in [1.29, 1.82) is 0 Å². The van der Waals surface area contributed by atoms with Gasteiger partial charge in [0.25, 0.3) is 5.91 Å². The lowest BCUT2D eigenvalue weighted by atomic mass is 9.53. The fraction of sp³-hybridized carbons (Fsp3) is 0.350. The molecule has 3 aromatic rings. The first kappa shape index (κ1) is 17.4. The highest BCUT2D eigenvalue weighted by Crippen LogP contribution is 2.57. The third-order valence-electron chi connectivity index (χ3n) is 5.67. The minimum atomic E-state index is -0.527. The molecular weight excluding hydrogens is 379 g/mol. The zero-order chi connectivity index (χ0) is 19.3. The summed E-state index contributed by atoms with van der Waals surface area (Å²) < 4.78 is 20.1. The van der Waals surface area contributed by atoms with Crippen LogP contribution in [0.5, 0.6) is 5.88 Å². The van der Waals surface area contributed by atoms with Crippen LogP contribution in [0.2, 0.25) is 0 Å². The fourth-order valence-corrected chi connectivity index (χ4v) is 5.34. The molecule has 0 radical (unpaired) electrons. The van der Waals surface area contributed by atoms with Crippen LogP contribution in [0.15, 0.2) is 36.5 Å². The van der Waals surface area contributed by atoms with E-state index < -0.39 is 5.91 Å². The summed E-state index contributed by atoms with van der Waals surface area (Å²) in [6, 6.07) is 8.35. The third kappa shape index (κ3) is 3.07. The van der Waals surface area contributed by atoms with E-state index in [2.05, 4.69) is 15.3 Å². The summed E-state index contributed by atoms with van der Waals surface area (Å²) in [5, 5.41) is 4.31. The van der Waals surface area contributed by atoms with Crippen molar-refractivity contribution in [3.05, 3.63) is 47.9 Å². The first-order valence-corrected chi connectivity index (χ1v) is 10.1. The number of ether oxygens (including phenoxy) is 1. The zero-order valence-electron chi connectivity index (χ0n) is 15.0. The molecule has 2 saturated carbocycles. The number of hydrogen-bond acceptors (Lipinski definition) is 6. The highest BCUT2D eigenvalue weighted by atomic mass is 32.1. The van der Waals surface area contributed by atoms with E-state index in [4.69, 9.17) is 10.5 Å². The maximum Gasteiger partial charge on any atom is 0.254 e. The monoisotopic (exact) mass is 398 g/mol. The lowest BCUT2D eigenvalue weighted by Gasteiger charge is -2.57. The minimum Gasteiger partial charge on any atom is -0.474 e. The molecule has 1 spiro atoms. The molecule has 5 rings (SSSR count). The van der Waals surface area contributed by atoms with Gasteiger partial charge in [-0.3, -0.25) is 4.79 Å². The second kappa shape index (κ2) is 6.41. The number of nitrogens with zero attached hydrogens (tertiary/aromatic N) is 2. The van der Waals surface area contributed by atoms with Crippen molar-refractivity contribution in [3.8, 4) is 5.88 Å². The molecule has 1 amide bonds. The SMILES string of the molecule is NC(=O)c1cccnc1O[C@H]1CC2(C[C@H](Nc3nc4ccc(F)cc4s3)C2)C1. The maximum absolute atomic E-state index is 13.3. The predicted octanol–water partition coefficient (Wildman–Crippen LogP) is 3.73. The van der Waals surface area contributed by atoms with Crippen molar-refractivity contribution >= 4 is 32.6 Å². The molecule has 144 valence electrons. The molecule has 28 heavy (non-hydrogen) atoms. The van der Waals surface area contributed by atoms with Crippen molar-refractivity contribution in [3.63, 3.8) is 0 Å². The molecule has 2 fully saturated rings. The van der Waals surface area contributed by atoms with Crippen LogP contribution >= 0.6 is 11.3 Å². The number of rotatable bonds is 5. The summed E-state index contributed by atoms with van der Waals surface area (Å²) >= 11 is 1.48. The van der Waals surface area contributed by atoms with Gasteiger partial charge in [0.05, 0.1) is 10.2 Å². The smallest absolute Gasteiger partial charge is 0.254 e. The molecule has 8 heteroatoms. The molecule has 2 aliphatic rings. The highest BCUT2D eigenvalue weighted by molar-refractivity contribution is 7.22. The Labute approximate surface area is 164 Å². The molecular formula is C20H19FN4O2S. The lowest BCUT2D eigenvalue weighted by Crippen LogP contribution is -2.56. The maximum atomic E-state index is 13.3. The van der Waals surface area contributed by atoms with Crippen LogP contribution in [0.1, 0.15) is 36.0 Å². The van der Waals surface area contributed by atoms with Crippen LogP contribution in [0.3, 0.4) is 0 Å². The van der Waals surface area contributed by atoms with Gasteiger partial charge in [0.1, 0.15) is 17.5 Å². The Balaban J connectivity index is 1.15. The summed E-state index contributed by atoms with van der Waals surface area (Å²) in [5.74, 6) is -0.440. The second-order valence-corrected chi connectivity index (χ2v) is 8.78. The van der Waals surface area contributed by atoms with Crippen molar-refractivity contribution in [2.24, 2.45) is 11.1 Å². The van der Waals surface area contributed by atoms with E-state index in [1.54, 1.807) is 24.4 Å². The largest absolute Gasteiger partial charge is 0.474 e. The van der Waals surface area contributed by atoms with Gasteiger partial charge in [-0.15, -0.1) is 0 Å². The number of primary amides is 1. The summed E-state index contributed by atoms with van der Waals surface area (Å²) in [4.78, 5) is 20.1. The van der Waals surface area contributed by atoms with E-state index in [1.807, 2.05) is 0 Å². The van der Waals surface area contributed by atoms with Crippen LogP contribution < -0.4 is 15.8 Å². The highest BCUT2D eigenvalue weighted by Gasteiger charge is 2.54. The standard InChI is InChI=1S/C20H19FN4O2S/c21-11-3-4-15-16(6-11)28-19(25-15)24-12-7-20(8-12)9-13(10-20)27-18-14(17(22)26)2-1-5-23-18/h1-6,12-13H,7-10H2,(H2,22,26)(H,24,25)/t12-,13-,20?. The third-order valence-corrected chi connectivity index (χ3v) is 6.62. The van der Waals surface area contributed by atoms with E-state index in [0.29, 0.717) is 22.9 Å². The number of hydrogen-bond donors (Lipinski definition) is 2. The minimum absolute atomic E-state index is 0.0689. The van der Waals surface area contributed by atoms with Gasteiger partial charge in [-0.05, 0) is 61.4 Å². The molecule has 2 heterocycles. The number of nitrogens with two attached hydrogens (primary N) is 1. The number of carbonyl (C=O) groups is 1. The van der Waals surface area contributed by atoms with Crippen molar-refractivity contribution in [2.75, 3.05) is 5.32 Å². The van der Waals surface area contributed by atoms with Crippen molar-refractivity contribution in [2.45, 2.75) is 37.8 Å². The van der Waals surface area contributed by atoms with Gasteiger partial charge in [0, 0.05) is 12.2 Å². The molecule has 2 aliphatic carbocycles. The number of anilines is 1. The van der Waals surface area contributed by atoms with Crippen LogP contribution in [-0.4, -0.2) is 28.0 Å². The number of carbonyl (C=O) groups excluding carboxylic acids is 1. The first-order chi connectivity index (χ1) is 13.5. The van der Waals surface area contributed by atoms with Gasteiger partial charge in [-0.1, -0.05) is 11.3 Å². The molecule has 2 aromatic heterocycles. The van der Waals surface area contributed by atoms with Gasteiger partial charge >= 0.3 is 0 Å². The Bertz CT molecular complexity index is 1060. The van der Waals surface area contributed by atoms with Crippen molar-refractivity contribution in [1.82, 2.24) is 9.97 Å². The Morgan fingerprint density at radius 2 is 2.11 bits per heavy atom. The number of fused-ring (bicyclic) bond motifs is 1. The Kier molecular flexibility index (Phi) is 3.97. The number of aromatic nitrogens is 2. The molecule has 1 aromatic carbocycles.